The lowest BCUT2D eigenvalue weighted by Gasteiger charge is -2.30. The fourth-order valence-electron chi connectivity index (χ4n) is 2.43. The fraction of sp³-hybridized carbons (Fsp3) is 0.700. The first kappa shape index (κ1) is 19.0. The first-order valence-electron chi connectivity index (χ1n) is 8.76. The second-order valence-electron chi connectivity index (χ2n) is 7.53. The summed E-state index contributed by atoms with van der Waals surface area (Å²) in [6, 6.07) is 6.77. The molecule has 0 heterocycles. The van der Waals surface area contributed by atoms with Gasteiger partial charge in [-0.3, -0.25) is 0 Å². The van der Waals surface area contributed by atoms with E-state index in [1.165, 1.54) is 11.1 Å². The van der Waals surface area contributed by atoms with Crippen molar-refractivity contribution in [2.24, 2.45) is 5.73 Å². The number of unbranched alkanes of at least 4 members (excludes halogenated alkanes) is 1. The first-order valence-corrected chi connectivity index (χ1v) is 8.76. The van der Waals surface area contributed by atoms with Crippen LogP contribution in [0.4, 0.5) is 0 Å². The number of benzene rings is 1. The van der Waals surface area contributed by atoms with Gasteiger partial charge < -0.3 is 10.5 Å². The zero-order chi connectivity index (χ0) is 16.8. The highest BCUT2D eigenvalue weighted by atomic mass is 16.5. The van der Waals surface area contributed by atoms with Gasteiger partial charge in [0.2, 0.25) is 0 Å². The summed E-state index contributed by atoms with van der Waals surface area (Å²) in [7, 11) is 0. The van der Waals surface area contributed by atoms with Gasteiger partial charge in [0.15, 0.2) is 0 Å². The number of ether oxygens (including phenoxy) is 1. The molecule has 0 saturated heterocycles. The Kier molecular flexibility index (Phi) is 6.93. The second kappa shape index (κ2) is 8.01. The van der Waals surface area contributed by atoms with Gasteiger partial charge in [-0.25, -0.2) is 0 Å². The van der Waals surface area contributed by atoms with E-state index in [1.807, 2.05) is 0 Å². The summed E-state index contributed by atoms with van der Waals surface area (Å²) in [5.41, 5.74) is 8.63. The van der Waals surface area contributed by atoms with Gasteiger partial charge >= 0.3 is 0 Å². The Morgan fingerprint density at radius 2 is 1.59 bits per heavy atom. The molecule has 0 aliphatic heterocycles. The molecule has 0 atom stereocenters. The predicted octanol–water partition coefficient (Wildman–Crippen LogP) is 5.18. The standard InChI is InChI=1S/C20H35NO/c1-7-19(3,4)16-11-12-18(22-14-10-9-13-21)17(15-16)20(5,6)8-2/h11-12,15H,7-10,13-14,21H2,1-6H3. The summed E-state index contributed by atoms with van der Waals surface area (Å²) >= 11 is 0. The maximum Gasteiger partial charge on any atom is 0.123 e. The lowest BCUT2D eigenvalue weighted by molar-refractivity contribution is 0.297. The minimum absolute atomic E-state index is 0.128. The third-order valence-electron chi connectivity index (χ3n) is 5.11. The Hall–Kier alpha value is -1.02. The van der Waals surface area contributed by atoms with Gasteiger partial charge in [-0.05, 0) is 54.7 Å². The molecule has 0 aliphatic carbocycles. The minimum Gasteiger partial charge on any atom is -0.493 e. The average molecular weight is 306 g/mol. The summed E-state index contributed by atoms with van der Waals surface area (Å²) in [5, 5.41) is 0. The van der Waals surface area contributed by atoms with Crippen molar-refractivity contribution in [1.29, 1.82) is 0 Å². The fourth-order valence-corrected chi connectivity index (χ4v) is 2.43. The van der Waals surface area contributed by atoms with Crippen LogP contribution in [0.5, 0.6) is 5.75 Å². The van der Waals surface area contributed by atoms with Gasteiger partial charge in [0.1, 0.15) is 5.75 Å². The minimum atomic E-state index is 0.128. The van der Waals surface area contributed by atoms with Crippen molar-refractivity contribution >= 4 is 0 Å². The van der Waals surface area contributed by atoms with E-state index in [1.54, 1.807) is 0 Å². The molecular weight excluding hydrogens is 270 g/mol. The van der Waals surface area contributed by atoms with Crippen molar-refractivity contribution in [3.8, 4) is 5.75 Å². The summed E-state index contributed by atoms with van der Waals surface area (Å²) in [6.45, 7) is 15.2. The van der Waals surface area contributed by atoms with Crippen LogP contribution in [-0.2, 0) is 10.8 Å². The molecule has 0 bridgehead atoms. The van der Waals surface area contributed by atoms with E-state index in [4.69, 9.17) is 10.5 Å². The van der Waals surface area contributed by atoms with Gasteiger partial charge in [-0.2, -0.15) is 0 Å². The zero-order valence-corrected chi connectivity index (χ0v) is 15.5. The van der Waals surface area contributed by atoms with Crippen molar-refractivity contribution in [3.05, 3.63) is 29.3 Å². The zero-order valence-electron chi connectivity index (χ0n) is 15.5. The molecule has 1 aromatic carbocycles. The van der Waals surface area contributed by atoms with E-state index in [2.05, 4.69) is 59.7 Å². The molecule has 0 radical (unpaired) electrons. The molecule has 2 heteroatoms. The molecule has 0 unspecified atom stereocenters. The predicted molar refractivity (Wildman–Crippen MR) is 96.9 cm³/mol. The van der Waals surface area contributed by atoms with E-state index in [0.29, 0.717) is 0 Å². The summed E-state index contributed by atoms with van der Waals surface area (Å²) < 4.78 is 6.07. The van der Waals surface area contributed by atoms with E-state index >= 15 is 0 Å². The Morgan fingerprint density at radius 1 is 0.955 bits per heavy atom. The molecule has 22 heavy (non-hydrogen) atoms. The molecule has 0 amide bonds. The summed E-state index contributed by atoms with van der Waals surface area (Å²) in [5.74, 6) is 1.04. The topological polar surface area (TPSA) is 35.2 Å². The van der Waals surface area contributed by atoms with Crippen molar-refractivity contribution in [3.63, 3.8) is 0 Å². The van der Waals surface area contributed by atoms with Gasteiger partial charge in [0, 0.05) is 5.56 Å². The molecule has 0 aliphatic rings. The van der Waals surface area contributed by atoms with Gasteiger partial charge in [0.25, 0.3) is 0 Å². The van der Waals surface area contributed by atoms with Crippen LogP contribution in [0.2, 0.25) is 0 Å². The van der Waals surface area contributed by atoms with Crippen LogP contribution in [0.15, 0.2) is 18.2 Å². The van der Waals surface area contributed by atoms with Crippen LogP contribution in [0, 0.1) is 0 Å². The van der Waals surface area contributed by atoms with Crippen LogP contribution in [-0.4, -0.2) is 13.2 Å². The third kappa shape index (κ3) is 4.74. The van der Waals surface area contributed by atoms with Crippen molar-refractivity contribution in [1.82, 2.24) is 0 Å². The van der Waals surface area contributed by atoms with Gasteiger partial charge in [0.05, 0.1) is 6.61 Å². The largest absolute Gasteiger partial charge is 0.493 e. The van der Waals surface area contributed by atoms with Crippen LogP contribution >= 0.6 is 0 Å². The molecule has 1 rings (SSSR count). The quantitative estimate of drug-likeness (QED) is 0.638. The van der Waals surface area contributed by atoms with E-state index < -0.39 is 0 Å². The van der Waals surface area contributed by atoms with Gasteiger partial charge in [-0.15, -0.1) is 0 Å². The van der Waals surface area contributed by atoms with Crippen LogP contribution in [0.3, 0.4) is 0 Å². The maximum absolute atomic E-state index is 6.07. The molecule has 126 valence electrons. The molecule has 2 nitrogen and oxygen atoms in total. The van der Waals surface area contributed by atoms with Crippen LogP contribution in [0.25, 0.3) is 0 Å². The lowest BCUT2D eigenvalue weighted by Crippen LogP contribution is -2.21. The molecule has 0 saturated carbocycles. The molecule has 0 fully saturated rings. The summed E-state index contributed by atoms with van der Waals surface area (Å²) in [4.78, 5) is 0. The summed E-state index contributed by atoms with van der Waals surface area (Å²) in [6.07, 6.45) is 4.27. The highest BCUT2D eigenvalue weighted by Crippen LogP contribution is 2.38. The Bertz CT molecular complexity index is 463. The molecule has 1 aromatic rings. The molecule has 0 spiro atoms. The highest BCUT2D eigenvalue weighted by Gasteiger charge is 2.26. The second-order valence-corrected chi connectivity index (χ2v) is 7.53. The Labute approximate surface area is 137 Å². The Morgan fingerprint density at radius 3 is 2.14 bits per heavy atom. The molecular formula is C20H35NO. The maximum atomic E-state index is 6.07. The monoisotopic (exact) mass is 305 g/mol. The van der Waals surface area contributed by atoms with E-state index in [0.717, 1.165) is 44.6 Å². The third-order valence-corrected chi connectivity index (χ3v) is 5.11. The number of hydrogen-bond acceptors (Lipinski definition) is 2. The SMILES string of the molecule is CCC(C)(C)c1ccc(OCCCCN)c(C(C)(C)CC)c1. The van der Waals surface area contributed by atoms with Crippen molar-refractivity contribution in [2.45, 2.75) is 78.1 Å². The van der Waals surface area contributed by atoms with Crippen molar-refractivity contribution in [2.75, 3.05) is 13.2 Å². The number of nitrogens with two attached hydrogens (primary N) is 1. The Balaban J connectivity index is 3.11. The lowest BCUT2D eigenvalue weighted by atomic mass is 9.76. The average Bonchev–Trinajstić information content (AvgIpc) is 2.51. The van der Waals surface area contributed by atoms with Crippen LogP contribution in [0.1, 0.15) is 78.4 Å². The number of hydrogen-bond donors (Lipinski definition) is 1. The molecule has 2 N–H and O–H groups in total. The smallest absolute Gasteiger partial charge is 0.123 e. The number of rotatable bonds is 9. The van der Waals surface area contributed by atoms with Crippen LogP contribution < -0.4 is 10.5 Å². The van der Waals surface area contributed by atoms with E-state index in [9.17, 15) is 0 Å². The van der Waals surface area contributed by atoms with Crippen molar-refractivity contribution < 1.29 is 4.74 Å². The normalized spacial score (nSPS) is 12.5. The first-order chi connectivity index (χ1) is 10.3. The molecule has 0 aromatic heterocycles. The van der Waals surface area contributed by atoms with E-state index in [-0.39, 0.29) is 10.8 Å². The van der Waals surface area contributed by atoms with Gasteiger partial charge in [-0.1, -0.05) is 53.7 Å². The highest BCUT2D eigenvalue weighted by molar-refractivity contribution is 5.44.